The predicted octanol–water partition coefficient (Wildman–Crippen LogP) is 2.56. The van der Waals surface area contributed by atoms with E-state index < -0.39 is 35.9 Å². The zero-order chi connectivity index (χ0) is 23.9. The highest BCUT2D eigenvalue weighted by Gasteiger charge is 2.38. The second kappa shape index (κ2) is 8.18. The van der Waals surface area contributed by atoms with Crippen molar-refractivity contribution in [2.24, 2.45) is 0 Å². The molecule has 8 nitrogen and oxygen atoms in total. The number of ether oxygens (including phenoxy) is 1. The molecule has 4 rings (SSSR count). The van der Waals surface area contributed by atoms with Crippen molar-refractivity contribution in [2.75, 3.05) is 11.9 Å². The third-order valence-electron chi connectivity index (χ3n) is 5.51. The number of aliphatic carboxylic acids is 1. The number of hydrogen-bond acceptors (Lipinski definition) is 5. The lowest BCUT2D eigenvalue weighted by Gasteiger charge is -2.23. The van der Waals surface area contributed by atoms with E-state index in [4.69, 9.17) is 14.9 Å². The minimum absolute atomic E-state index is 0.223. The minimum atomic E-state index is -1.40. The Morgan fingerprint density at radius 2 is 1.88 bits per heavy atom. The van der Waals surface area contributed by atoms with Crippen LogP contribution in [0.15, 0.2) is 54.3 Å². The van der Waals surface area contributed by atoms with E-state index in [-0.39, 0.29) is 11.5 Å². The average molecular weight is 452 g/mol. The Kier molecular flexibility index (Phi) is 5.51. The Bertz CT molecular complexity index is 1230. The molecule has 0 radical (unpaired) electrons. The smallest absolute Gasteiger partial charge is 0.328 e. The van der Waals surface area contributed by atoms with Crippen LogP contribution in [0.3, 0.4) is 0 Å². The number of benzene rings is 2. The van der Waals surface area contributed by atoms with E-state index in [1.54, 1.807) is 18.2 Å². The number of anilines is 1. The number of carboxylic acid groups (broad SMARTS) is 1. The number of carbonyl (C=O) groups is 3. The first kappa shape index (κ1) is 22.2. The van der Waals surface area contributed by atoms with Crippen LogP contribution in [0.2, 0.25) is 0 Å². The first-order chi connectivity index (χ1) is 15.6. The number of carboxylic acids is 1. The van der Waals surface area contributed by atoms with Crippen LogP contribution in [-0.2, 0) is 14.3 Å². The van der Waals surface area contributed by atoms with Crippen molar-refractivity contribution in [3.05, 3.63) is 76.8 Å². The number of fused-ring (bicyclic) bond motifs is 1. The van der Waals surface area contributed by atoms with Gasteiger partial charge in [0.2, 0.25) is 0 Å². The predicted molar refractivity (Wildman–Crippen MR) is 118 cm³/mol. The van der Waals surface area contributed by atoms with Gasteiger partial charge in [0.1, 0.15) is 17.2 Å². The molecule has 2 heterocycles. The molecule has 0 fully saturated rings. The molecular formula is C24H21FN2O6. The fraction of sp³-hybridized carbons (Fsp3) is 0.208. The van der Waals surface area contributed by atoms with Gasteiger partial charge in [-0.25, -0.2) is 9.18 Å². The van der Waals surface area contributed by atoms with Gasteiger partial charge in [-0.1, -0.05) is 12.1 Å². The number of rotatable bonds is 5. The van der Waals surface area contributed by atoms with Gasteiger partial charge in [0.25, 0.3) is 11.8 Å². The van der Waals surface area contributed by atoms with Gasteiger partial charge >= 0.3 is 5.97 Å². The molecule has 2 aliphatic rings. The molecule has 170 valence electrons. The Labute approximate surface area is 188 Å². The van der Waals surface area contributed by atoms with Crippen LogP contribution >= 0.6 is 0 Å². The van der Waals surface area contributed by atoms with Gasteiger partial charge in [-0.15, -0.1) is 0 Å². The Hall–Kier alpha value is -3.98. The van der Waals surface area contributed by atoms with E-state index in [9.17, 15) is 18.8 Å². The second-order valence-corrected chi connectivity index (χ2v) is 8.18. The molecule has 0 saturated carbocycles. The minimum Gasteiger partial charge on any atom is -0.482 e. The standard InChI is InChI=1S/C24H21FN2O6/c1-24(2)16(12-3-5-13(6-4-12)21(29)27-18(11-28)23(31)32)10-19(33-24)20-15-8-7-14(25)9-17(15)26-22(20)30/h3-10,18,28H,11H2,1-2H3,(H,26,30)(H,27,29)(H,31,32)/b20-19+/t18-/m0/s1. The summed E-state index contributed by atoms with van der Waals surface area (Å²) in [6, 6.07) is 9.09. The molecule has 0 saturated heterocycles. The molecule has 0 aliphatic carbocycles. The second-order valence-electron chi connectivity index (χ2n) is 8.18. The number of carbonyl (C=O) groups excluding carboxylic acids is 2. The lowest BCUT2D eigenvalue weighted by atomic mass is 9.91. The van der Waals surface area contributed by atoms with Gasteiger partial charge in [0, 0.05) is 16.7 Å². The quantitative estimate of drug-likeness (QED) is 0.517. The molecule has 0 spiro atoms. The van der Waals surface area contributed by atoms with E-state index in [1.807, 2.05) is 13.8 Å². The van der Waals surface area contributed by atoms with Crippen LogP contribution in [0.4, 0.5) is 10.1 Å². The maximum Gasteiger partial charge on any atom is 0.328 e. The SMILES string of the molecule is CC1(C)O/C(=C2/C(=O)Nc3cc(F)ccc32)C=C1c1ccc(C(=O)N[C@@H](CO)C(=O)O)cc1. The summed E-state index contributed by atoms with van der Waals surface area (Å²) >= 11 is 0. The summed E-state index contributed by atoms with van der Waals surface area (Å²) in [5.41, 5.74) is 2.17. The van der Waals surface area contributed by atoms with Crippen molar-refractivity contribution in [1.82, 2.24) is 5.32 Å². The van der Waals surface area contributed by atoms with Crippen LogP contribution in [0, 0.1) is 5.82 Å². The zero-order valence-corrected chi connectivity index (χ0v) is 17.8. The van der Waals surface area contributed by atoms with E-state index in [0.29, 0.717) is 22.6 Å². The van der Waals surface area contributed by atoms with Crippen LogP contribution in [0.5, 0.6) is 0 Å². The number of aliphatic hydroxyl groups excluding tert-OH is 1. The highest BCUT2D eigenvalue weighted by atomic mass is 19.1. The van der Waals surface area contributed by atoms with Crippen molar-refractivity contribution in [2.45, 2.75) is 25.5 Å². The van der Waals surface area contributed by atoms with Gasteiger partial charge in [0.15, 0.2) is 6.04 Å². The average Bonchev–Trinajstić information content (AvgIpc) is 3.25. The number of halogens is 1. The van der Waals surface area contributed by atoms with Crippen LogP contribution in [0.1, 0.15) is 35.3 Å². The number of amides is 2. The van der Waals surface area contributed by atoms with Crippen molar-refractivity contribution >= 4 is 34.6 Å². The summed E-state index contributed by atoms with van der Waals surface area (Å²) in [5, 5.41) is 22.9. The number of nitrogens with one attached hydrogen (secondary N) is 2. The molecule has 0 aromatic heterocycles. The summed E-state index contributed by atoms with van der Waals surface area (Å²) in [4.78, 5) is 35.8. The van der Waals surface area contributed by atoms with Gasteiger partial charge in [0.05, 0.1) is 17.9 Å². The van der Waals surface area contributed by atoms with Crippen LogP contribution < -0.4 is 10.6 Å². The number of hydrogen-bond donors (Lipinski definition) is 4. The van der Waals surface area contributed by atoms with E-state index >= 15 is 0 Å². The van der Waals surface area contributed by atoms with E-state index in [2.05, 4.69) is 10.6 Å². The van der Waals surface area contributed by atoms with Crippen molar-refractivity contribution in [1.29, 1.82) is 0 Å². The first-order valence-corrected chi connectivity index (χ1v) is 10.1. The van der Waals surface area contributed by atoms with Gasteiger partial charge in [-0.2, -0.15) is 0 Å². The summed E-state index contributed by atoms with van der Waals surface area (Å²) in [5.74, 6) is -2.46. The van der Waals surface area contributed by atoms with Crippen molar-refractivity contribution < 1.29 is 33.7 Å². The molecule has 2 amide bonds. The lowest BCUT2D eigenvalue weighted by Crippen LogP contribution is -2.43. The molecule has 0 bridgehead atoms. The van der Waals surface area contributed by atoms with Crippen LogP contribution in [-0.4, -0.2) is 46.2 Å². The summed E-state index contributed by atoms with van der Waals surface area (Å²) in [7, 11) is 0. The normalized spacial score (nSPS) is 19.3. The number of allylic oxidation sites excluding steroid dienone is 1. The first-order valence-electron chi connectivity index (χ1n) is 10.1. The van der Waals surface area contributed by atoms with E-state index in [1.165, 1.54) is 30.3 Å². The van der Waals surface area contributed by atoms with Crippen molar-refractivity contribution in [3.63, 3.8) is 0 Å². The largest absolute Gasteiger partial charge is 0.482 e. The molecule has 2 aromatic carbocycles. The monoisotopic (exact) mass is 452 g/mol. The molecular weight excluding hydrogens is 431 g/mol. The third-order valence-corrected chi connectivity index (χ3v) is 5.51. The Balaban J connectivity index is 1.65. The Morgan fingerprint density at radius 3 is 2.52 bits per heavy atom. The molecule has 33 heavy (non-hydrogen) atoms. The molecule has 4 N–H and O–H groups in total. The molecule has 0 unspecified atom stereocenters. The maximum atomic E-state index is 13.5. The summed E-state index contributed by atoms with van der Waals surface area (Å²) in [6.45, 7) is 2.95. The van der Waals surface area contributed by atoms with E-state index in [0.717, 1.165) is 11.1 Å². The van der Waals surface area contributed by atoms with Gasteiger partial charge in [-0.05, 0) is 55.8 Å². The molecule has 9 heteroatoms. The fourth-order valence-corrected chi connectivity index (χ4v) is 3.84. The van der Waals surface area contributed by atoms with Gasteiger partial charge in [-0.3, -0.25) is 9.59 Å². The highest BCUT2D eigenvalue weighted by Crippen LogP contribution is 2.44. The van der Waals surface area contributed by atoms with Crippen LogP contribution in [0.25, 0.3) is 11.1 Å². The topological polar surface area (TPSA) is 125 Å². The fourth-order valence-electron chi connectivity index (χ4n) is 3.84. The molecule has 2 aliphatic heterocycles. The number of aliphatic hydroxyl groups is 1. The van der Waals surface area contributed by atoms with Crippen molar-refractivity contribution in [3.8, 4) is 0 Å². The zero-order valence-electron chi connectivity index (χ0n) is 17.8. The lowest BCUT2D eigenvalue weighted by molar-refractivity contribution is -0.140. The molecule has 2 aromatic rings. The van der Waals surface area contributed by atoms with Gasteiger partial charge < -0.3 is 25.6 Å². The molecule has 1 atom stereocenters. The Morgan fingerprint density at radius 1 is 1.18 bits per heavy atom. The highest BCUT2D eigenvalue weighted by molar-refractivity contribution is 6.32. The summed E-state index contributed by atoms with van der Waals surface area (Å²) < 4.78 is 19.6. The third kappa shape index (κ3) is 4.10. The maximum absolute atomic E-state index is 13.5. The summed E-state index contributed by atoms with van der Waals surface area (Å²) in [6.07, 6.45) is 1.74.